The minimum absolute atomic E-state index is 0.141. The number of hydrogen-bond donors (Lipinski definition) is 2. The van der Waals surface area contributed by atoms with E-state index in [1.165, 1.54) is 7.11 Å². The molecule has 0 saturated heterocycles. The number of aliphatic hydroxyl groups is 2. The molecule has 1 aromatic rings. The molecule has 0 saturated carbocycles. The molecule has 1 aromatic carbocycles. The van der Waals surface area contributed by atoms with Crippen LogP contribution in [0.15, 0.2) is 27.8 Å². The van der Waals surface area contributed by atoms with Gasteiger partial charge in [-0.3, -0.25) is 0 Å². The Morgan fingerprint density at radius 2 is 2.22 bits per heavy atom. The first kappa shape index (κ1) is 14.8. The Hall–Kier alpha value is -1.27. The topological polar surface area (TPSA) is 98.5 Å². The molecule has 7 heteroatoms. The molecule has 0 aliphatic heterocycles. The largest absolute Gasteiger partial charge is 0.496 e. The maximum atomic E-state index is 9.94. The van der Waals surface area contributed by atoms with Gasteiger partial charge in [0.15, 0.2) is 0 Å². The summed E-state index contributed by atoms with van der Waals surface area (Å²) in [6, 6.07) is 5.07. The van der Waals surface area contributed by atoms with Gasteiger partial charge in [-0.25, -0.2) is 0 Å². The molecule has 2 N–H and O–H groups in total. The smallest absolute Gasteiger partial charge is 0.133 e. The molecule has 6 nitrogen and oxygen atoms in total. The second kappa shape index (κ2) is 7.23. The fourth-order valence-electron chi connectivity index (χ4n) is 1.48. The van der Waals surface area contributed by atoms with Crippen LogP contribution < -0.4 is 4.74 Å². The van der Waals surface area contributed by atoms with E-state index in [0.29, 0.717) is 11.3 Å². The van der Waals surface area contributed by atoms with Crippen LogP contribution in [0, 0.1) is 0 Å². The van der Waals surface area contributed by atoms with E-state index in [2.05, 4.69) is 26.0 Å². The summed E-state index contributed by atoms with van der Waals surface area (Å²) in [6.07, 6.45) is -1.83. The molecular formula is C11H14BrN3O3. The first-order valence-electron chi connectivity index (χ1n) is 5.30. The molecule has 0 amide bonds. The Labute approximate surface area is 113 Å². The van der Waals surface area contributed by atoms with Gasteiger partial charge in [0.25, 0.3) is 0 Å². The molecule has 0 heterocycles. The number of rotatable bonds is 6. The SMILES string of the molecule is COc1cc(C(O)C(O)CCN=[N+]=[N-])ccc1Br. The van der Waals surface area contributed by atoms with Crippen LogP contribution in [0.2, 0.25) is 0 Å². The van der Waals surface area contributed by atoms with Gasteiger partial charge in [-0.2, -0.15) is 0 Å². The molecule has 0 aromatic heterocycles. The van der Waals surface area contributed by atoms with Crippen molar-refractivity contribution < 1.29 is 14.9 Å². The normalized spacial score (nSPS) is 13.6. The van der Waals surface area contributed by atoms with Crippen molar-refractivity contribution in [2.24, 2.45) is 5.11 Å². The van der Waals surface area contributed by atoms with Crippen molar-refractivity contribution in [3.8, 4) is 5.75 Å². The molecule has 0 radical (unpaired) electrons. The van der Waals surface area contributed by atoms with Crippen LogP contribution in [0.1, 0.15) is 18.1 Å². The van der Waals surface area contributed by atoms with Crippen LogP contribution in [0.3, 0.4) is 0 Å². The zero-order chi connectivity index (χ0) is 13.5. The van der Waals surface area contributed by atoms with E-state index in [4.69, 9.17) is 10.3 Å². The van der Waals surface area contributed by atoms with Crippen LogP contribution in [0.25, 0.3) is 10.4 Å². The van der Waals surface area contributed by atoms with Gasteiger partial charge in [0, 0.05) is 11.5 Å². The number of aliphatic hydroxyl groups excluding tert-OH is 2. The van der Waals surface area contributed by atoms with E-state index >= 15 is 0 Å². The molecule has 0 aliphatic carbocycles. The zero-order valence-corrected chi connectivity index (χ0v) is 11.4. The lowest BCUT2D eigenvalue weighted by molar-refractivity contribution is 0.0149. The highest BCUT2D eigenvalue weighted by molar-refractivity contribution is 9.10. The molecule has 18 heavy (non-hydrogen) atoms. The Kier molecular flexibility index (Phi) is 5.94. The molecule has 98 valence electrons. The standard InChI is InChI=1S/C11H14BrN3O3/c1-18-10-6-7(2-3-8(10)12)11(17)9(16)4-5-14-15-13/h2-3,6,9,11,16-17H,4-5H2,1H3. The van der Waals surface area contributed by atoms with Crippen molar-refractivity contribution in [3.05, 3.63) is 38.7 Å². The van der Waals surface area contributed by atoms with Gasteiger partial charge in [0.05, 0.1) is 17.7 Å². The van der Waals surface area contributed by atoms with E-state index in [-0.39, 0.29) is 13.0 Å². The van der Waals surface area contributed by atoms with Crippen molar-refractivity contribution >= 4 is 15.9 Å². The van der Waals surface area contributed by atoms with Crippen LogP contribution in [-0.2, 0) is 0 Å². The Bertz CT molecular complexity index is 449. The summed E-state index contributed by atoms with van der Waals surface area (Å²) in [7, 11) is 1.52. The van der Waals surface area contributed by atoms with E-state index in [1.807, 2.05) is 0 Å². The molecule has 2 unspecified atom stereocenters. The van der Waals surface area contributed by atoms with Crippen molar-refractivity contribution in [1.82, 2.24) is 0 Å². The Balaban J connectivity index is 2.76. The van der Waals surface area contributed by atoms with Gasteiger partial charge in [-0.05, 0) is 45.6 Å². The van der Waals surface area contributed by atoms with Crippen molar-refractivity contribution in [3.63, 3.8) is 0 Å². The summed E-state index contributed by atoms with van der Waals surface area (Å²) >= 11 is 3.30. The summed E-state index contributed by atoms with van der Waals surface area (Å²) in [5.74, 6) is 0.578. The first-order valence-corrected chi connectivity index (χ1v) is 6.10. The Morgan fingerprint density at radius 3 is 2.83 bits per heavy atom. The van der Waals surface area contributed by atoms with Crippen LogP contribution in [0.4, 0.5) is 0 Å². The summed E-state index contributed by atoms with van der Waals surface area (Å²) in [5.41, 5.74) is 8.67. The molecular weight excluding hydrogens is 302 g/mol. The van der Waals surface area contributed by atoms with E-state index in [0.717, 1.165) is 4.47 Å². The van der Waals surface area contributed by atoms with Gasteiger partial charge in [0.2, 0.25) is 0 Å². The maximum Gasteiger partial charge on any atom is 0.133 e. The second-order valence-corrected chi connectivity index (χ2v) is 4.50. The number of methoxy groups -OCH3 is 1. The van der Waals surface area contributed by atoms with Gasteiger partial charge in [-0.1, -0.05) is 11.2 Å². The lowest BCUT2D eigenvalue weighted by Crippen LogP contribution is -2.19. The second-order valence-electron chi connectivity index (χ2n) is 3.65. The highest BCUT2D eigenvalue weighted by Gasteiger charge is 2.18. The summed E-state index contributed by atoms with van der Waals surface area (Å²) in [6.45, 7) is 0.141. The number of ether oxygens (including phenoxy) is 1. The van der Waals surface area contributed by atoms with E-state index in [9.17, 15) is 10.2 Å². The Morgan fingerprint density at radius 1 is 1.50 bits per heavy atom. The van der Waals surface area contributed by atoms with Gasteiger partial charge in [-0.15, -0.1) is 0 Å². The summed E-state index contributed by atoms with van der Waals surface area (Å²) < 4.78 is 5.88. The number of halogens is 1. The molecule has 0 bridgehead atoms. The molecule has 0 fully saturated rings. The van der Waals surface area contributed by atoms with Crippen LogP contribution in [0.5, 0.6) is 5.75 Å². The lowest BCUT2D eigenvalue weighted by Gasteiger charge is -2.18. The average molecular weight is 316 g/mol. The fraction of sp³-hybridized carbons (Fsp3) is 0.455. The van der Waals surface area contributed by atoms with Gasteiger partial charge >= 0.3 is 0 Å². The van der Waals surface area contributed by atoms with Crippen LogP contribution in [-0.4, -0.2) is 30.0 Å². The van der Waals surface area contributed by atoms with Crippen molar-refractivity contribution in [2.75, 3.05) is 13.7 Å². The predicted octanol–water partition coefficient (Wildman–Crippen LogP) is 2.55. The molecule has 0 aliphatic rings. The van der Waals surface area contributed by atoms with Gasteiger partial charge in [0.1, 0.15) is 11.9 Å². The van der Waals surface area contributed by atoms with E-state index in [1.54, 1.807) is 18.2 Å². The number of nitrogens with zero attached hydrogens (tertiary/aromatic N) is 3. The van der Waals surface area contributed by atoms with Crippen LogP contribution >= 0.6 is 15.9 Å². The minimum atomic E-state index is -1.04. The summed E-state index contributed by atoms with van der Waals surface area (Å²) in [4.78, 5) is 2.58. The predicted molar refractivity (Wildman–Crippen MR) is 70.3 cm³/mol. The third-order valence-electron chi connectivity index (χ3n) is 2.47. The van der Waals surface area contributed by atoms with Gasteiger partial charge < -0.3 is 14.9 Å². The fourth-order valence-corrected chi connectivity index (χ4v) is 1.88. The van der Waals surface area contributed by atoms with Crippen molar-refractivity contribution in [1.29, 1.82) is 0 Å². The molecule has 0 spiro atoms. The average Bonchev–Trinajstić information content (AvgIpc) is 2.38. The molecule has 1 rings (SSSR count). The maximum absolute atomic E-state index is 9.94. The van der Waals surface area contributed by atoms with Crippen molar-refractivity contribution in [2.45, 2.75) is 18.6 Å². The third kappa shape index (κ3) is 3.89. The highest BCUT2D eigenvalue weighted by Crippen LogP contribution is 2.29. The lowest BCUT2D eigenvalue weighted by atomic mass is 10.0. The number of benzene rings is 1. The quantitative estimate of drug-likeness (QED) is 0.479. The zero-order valence-electron chi connectivity index (χ0n) is 9.82. The monoisotopic (exact) mass is 315 g/mol. The molecule has 2 atom stereocenters. The number of azide groups is 1. The van der Waals surface area contributed by atoms with E-state index < -0.39 is 12.2 Å². The summed E-state index contributed by atoms with van der Waals surface area (Å²) in [5, 5.41) is 23.0. The minimum Gasteiger partial charge on any atom is -0.496 e. The number of hydrogen-bond acceptors (Lipinski definition) is 4. The highest BCUT2D eigenvalue weighted by atomic mass is 79.9. The third-order valence-corrected chi connectivity index (χ3v) is 3.12. The first-order chi connectivity index (χ1) is 8.60.